The van der Waals surface area contributed by atoms with Gasteiger partial charge in [-0.25, -0.2) is 4.98 Å². The van der Waals surface area contributed by atoms with Gasteiger partial charge in [-0.2, -0.15) is 0 Å². The number of nitrogens with zero attached hydrogens (tertiary/aromatic N) is 3. The maximum Gasteiger partial charge on any atom is 0.162 e. The number of aromatic amines is 1. The van der Waals surface area contributed by atoms with Crippen molar-refractivity contribution in [1.29, 1.82) is 0 Å². The van der Waals surface area contributed by atoms with Crippen LogP contribution >= 0.6 is 0 Å². The van der Waals surface area contributed by atoms with Crippen LogP contribution in [0, 0.1) is 0 Å². The Labute approximate surface area is 194 Å². The largest absolute Gasteiger partial charge is 0.493 e. The molecule has 7 nitrogen and oxygen atoms in total. The molecule has 1 aromatic carbocycles. The van der Waals surface area contributed by atoms with Crippen LogP contribution in [-0.2, 0) is 6.54 Å². The summed E-state index contributed by atoms with van der Waals surface area (Å²) >= 11 is 0. The van der Waals surface area contributed by atoms with Crippen molar-refractivity contribution >= 4 is 21.9 Å². The number of benzene rings is 1. The molecular weight excluding hydrogens is 414 g/mol. The Morgan fingerprint density at radius 2 is 2.00 bits per heavy atom. The molecule has 1 aliphatic heterocycles. The molecule has 0 aliphatic carbocycles. The van der Waals surface area contributed by atoms with Crippen molar-refractivity contribution in [3.63, 3.8) is 0 Å². The van der Waals surface area contributed by atoms with Crippen molar-refractivity contribution in [1.82, 2.24) is 24.8 Å². The fraction of sp³-hybridized carbons (Fsp3) is 0.423. The molecule has 1 atom stereocenters. The lowest BCUT2D eigenvalue weighted by molar-refractivity contribution is 0.293. The number of aromatic nitrogens is 3. The third kappa shape index (κ3) is 4.30. The Morgan fingerprint density at radius 3 is 2.76 bits per heavy atom. The van der Waals surface area contributed by atoms with Gasteiger partial charge in [-0.15, -0.1) is 0 Å². The lowest BCUT2D eigenvalue weighted by Gasteiger charge is -2.19. The quantitative estimate of drug-likeness (QED) is 0.375. The van der Waals surface area contributed by atoms with E-state index in [4.69, 9.17) is 9.47 Å². The highest BCUT2D eigenvalue weighted by atomic mass is 16.5. The lowest BCUT2D eigenvalue weighted by atomic mass is 10.1. The number of ether oxygens (including phenoxy) is 2. The van der Waals surface area contributed by atoms with Crippen LogP contribution in [0.25, 0.3) is 33.2 Å². The molecule has 4 heterocycles. The minimum atomic E-state index is 0.726. The molecule has 174 valence electrons. The summed E-state index contributed by atoms with van der Waals surface area (Å²) in [5.41, 5.74) is 4.22. The van der Waals surface area contributed by atoms with E-state index in [1.165, 1.54) is 25.8 Å². The van der Waals surface area contributed by atoms with E-state index in [1.807, 2.05) is 12.3 Å². The van der Waals surface area contributed by atoms with Crippen molar-refractivity contribution in [3.8, 4) is 22.8 Å². The van der Waals surface area contributed by atoms with Crippen LogP contribution in [0.3, 0.4) is 0 Å². The first-order chi connectivity index (χ1) is 16.2. The number of hydrogen-bond donors (Lipinski definition) is 2. The van der Waals surface area contributed by atoms with Gasteiger partial charge in [-0.1, -0.05) is 0 Å². The van der Waals surface area contributed by atoms with Gasteiger partial charge in [-0.05, 0) is 63.7 Å². The minimum absolute atomic E-state index is 0.726. The molecule has 3 aromatic heterocycles. The Hall–Kier alpha value is -3.03. The third-order valence-electron chi connectivity index (χ3n) is 6.92. The highest BCUT2D eigenvalue weighted by molar-refractivity contribution is 5.99. The zero-order valence-corrected chi connectivity index (χ0v) is 19.7. The zero-order chi connectivity index (χ0) is 22.8. The number of nitrogens with one attached hydrogen (secondary N) is 2. The highest BCUT2D eigenvalue weighted by Crippen LogP contribution is 2.38. The molecule has 0 amide bonds. The molecule has 7 heteroatoms. The molecule has 0 saturated carbocycles. The van der Waals surface area contributed by atoms with Crippen LogP contribution in [0.1, 0.15) is 19.3 Å². The topological polar surface area (TPSA) is 67.3 Å². The van der Waals surface area contributed by atoms with Crippen molar-refractivity contribution in [2.45, 2.75) is 31.8 Å². The number of methoxy groups -OCH3 is 2. The van der Waals surface area contributed by atoms with Gasteiger partial charge in [0.05, 0.1) is 19.7 Å². The number of pyridine rings is 1. The summed E-state index contributed by atoms with van der Waals surface area (Å²) in [7, 11) is 5.61. The van der Waals surface area contributed by atoms with E-state index >= 15 is 0 Å². The second-order valence-corrected chi connectivity index (χ2v) is 8.90. The first-order valence-corrected chi connectivity index (χ1v) is 11.8. The van der Waals surface area contributed by atoms with E-state index in [1.54, 1.807) is 14.2 Å². The van der Waals surface area contributed by atoms with Gasteiger partial charge in [-0.3, -0.25) is 0 Å². The van der Waals surface area contributed by atoms with Gasteiger partial charge in [0.25, 0.3) is 0 Å². The molecule has 1 fully saturated rings. The van der Waals surface area contributed by atoms with Gasteiger partial charge >= 0.3 is 0 Å². The average Bonchev–Trinajstić information content (AvgIpc) is 3.54. The summed E-state index contributed by atoms with van der Waals surface area (Å²) < 4.78 is 13.5. The van der Waals surface area contributed by atoms with Gasteiger partial charge in [0.15, 0.2) is 11.5 Å². The lowest BCUT2D eigenvalue weighted by Crippen LogP contribution is -2.30. The van der Waals surface area contributed by atoms with E-state index < -0.39 is 0 Å². The number of rotatable bonds is 9. The van der Waals surface area contributed by atoms with E-state index in [0.29, 0.717) is 0 Å². The predicted molar refractivity (Wildman–Crippen MR) is 133 cm³/mol. The summed E-state index contributed by atoms with van der Waals surface area (Å²) in [6, 6.07) is 11.1. The second-order valence-electron chi connectivity index (χ2n) is 8.90. The van der Waals surface area contributed by atoms with Crippen molar-refractivity contribution in [2.24, 2.45) is 0 Å². The van der Waals surface area contributed by atoms with E-state index in [0.717, 1.165) is 70.4 Å². The molecule has 1 saturated heterocycles. The molecule has 5 rings (SSSR count). The highest BCUT2D eigenvalue weighted by Gasteiger charge is 2.20. The van der Waals surface area contributed by atoms with E-state index in [2.05, 4.69) is 62.3 Å². The zero-order valence-electron chi connectivity index (χ0n) is 19.7. The summed E-state index contributed by atoms with van der Waals surface area (Å²) in [5.74, 6) is 1.48. The van der Waals surface area contributed by atoms with Gasteiger partial charge in [0.1, 0.15) is 5.65 Å². The van der Waals surface area contributed by atoms with Crippen LogP contribution in [0.4, 0.5) is 0 Å². The van der Waals surface area contributed by atoms with Crippen molar-refractivity contribution in [3.05, 3.63) is 42.7 Å². The monoisotopic (exact) mass is 447 g/mol. The standard InChI is InChI=1S/C26H33N5O2/c1-30-12-5-7-19(30)8-10-27-11-13-31-17-21(22-14-18-6-4-9-28-26(18)29-22)20-15-24(32-2)25(33-3)16-23(20)31/h4,6,9,14-17,19,27H,5,7-8,10-13H2,1-3H3,(H,28,29). The summed E-state index contributed by atoms with van der Waals surface area (Å²) in [5, 5.41) is 5.88. The van der Waals surface area contributed by atoms with Gasteiger partial charge in [0, 0.05) is 59.6 Å². The van der Waals surface area contributed by atoms with Crippen LogP contribution < -0.4 is 14.8 Å². The van der Waals surface area contributed by atoms with Gasteiger partial charge in [0.2, 0.25) is 0 Å². The van der Waals surface area contributed by atoms with Crippen LogP contribution in [-0.4, -0.2) is 66.4 Å². The number of hydrogen-bond acceptors (Lipinski definition) is 5. The SMILES string of the molecule is COc1cc2c(-c3cc4cccnc4[nH]3)cn(CCNCCC3CCCN3C)c2cc1OC. The first kappa shape index (κ1) is 21.8. The Morgan fingerprint density at radius 1 is 1.15 bits per heavy atom. The third-order valence-corrected chi connectivity index (χ3v) is 6.92. The number of fused-ring (bicyclic) bond motifs is 2. The van der Waals surface area contributed by atoms with E-state index in [9.17, 15) is 0 Å². The Bertz CT molecular complexity index is 1210. The smallest absolute Gasteiger partial charge is 0.162 e. The second kappa shape index (κ2) is 9.45. The molecule has 0 bridgehead atoms. The fourth-order valence-electron chi connectivity index (χ4n) is 5.06. The van der Waals surface area contributed by atoms with Crippen molar-refractivity contribution in [2.75, 3.05) is 40.9 Å². The van der Waals surface area contributed by atoms with Gasteiger partial charge < -0.3 is 29.2 Å². The molecule has 4 aromatic rings. The van der Waals surface area contributed by atoms with Crippen LogP contribution in [0.5, 0.6) is 11.5 Å². The molecule has 0 radical (unpaired) electrons. The van der Waals surface area contributed by atoms with Crippen LogP contribution in [0.15, 0.2) is 42.7 Å². The maximum atomic E-state index is 5.60. The summed E-state index contributed by atoms with van der Waals surface area (Å²) in [6.07, 6.45) is 7.90. The Balaban J connectivity index is 1.41. The molecule has 0 spiro atoms. The number of H-pyrrole nitrogens is 1. The molecule has 1 aliphatic rings. The fourth-order valence-corrected chi connectivity index (χ4v) is 5.06. The number of likely N-dealkylation sites (tertiary alicyclic amines) is 1. The predicted octanol–water partition coefficient (Wildman–Crippen LogP) is 4.28. The molecule has 1 unspecified atom stereocenters. The van der Waals surface area contributed by atoms with Crippen molar-refractivity contribution < 1.29 is 9.47 Å². The average molecular weight is 448 g/mol. The molecule has 2 N–H and O–H groups in total. The normalized spacial score (nSPS) is 16.8. The molecular formula is C26H33N5O2. The Kier molecular flexibility index (Phi) is 6.24. The minimum Gasteiger partial charge on any atom is -0.493 e. The van der Waals surface area contributed by atoms with E-state index in [-0.39, 0.29) is 0 Å². The maximum absolute atomic E-state index is 5.60. The summed E-state index contributed by atoms with van der Waals surface area (Å²) in [6.45, 7) is 4.08. The van der Waals surface area contributed by atoms with Crippen LogP contribution in [0.2, 0.25) is 0 Å². The molecule has 33 heavy (non-hydrogen) atoms. The summed E-state index contributed by atoms with van der Waals surface area (Å²) in [4.78, 5) is 10.4. The first-order valence-electron chi connectivity index (χ1n) is 11.8.